The summed E-state index contributed by atoms with van der Waals surface area (Å²) in [4.78, 5) is 18.4. The number of aromatic nitrogens is 4. The molecule has 0 aliphatic heterocycles. The van der Waals surface area contributed by atoms with Gasteiger partial charge in [-0.1, -0.05) is 44.9 Å². The molecule has 0 aromatic carbocycles. The summed E-state index contributed by atoms with van der Waals surface area (Å²) >= 11 is 0. The van der Waals surface area contributed by atoms with Crippen molar-refractivity contribution in [1.82, 2.24) is 20.1 Å². The average Bonchev–Trinajstić information content (AvgIpc) is 3.13. The van der Waals surface area contributed by atoms with Gasteiger partial charge in [-0.3, -0.25) is 9.97 Å². The molecule has 8 nitrogen and oxygen atoms in total. The Balaban J connectivity index is 1.85. The van der Waals surface area contributed by atoms with Crippen molar-refractivity contribution < 1.29 is 9.36 Å². The second kappa shape index (κ2) is 9.76. The zero-order valence-electron chi connectivity index (χ0n) is 16.5. The molecule has 2 heterocycles. The van der Waals surface area contributed by atoms with E-state index in [1.54, 1.807) is 12.4 Å². The van der Waals surface area contributed by atoms with Crippen LogP contribution in [0.25, 0.3) is 0 Å². The lowest BCUT2D eigenvalue weighted by molar-refractivity contribution is 0.126. The second-order valence-corrected chi connectivity index (χ2v) is 7.09. The van der Waals surface area contributed by atoms with E-state index in [0.29, 0.717) is 23.7 Å². The number of hydrogen-bond donors (Lipinski definition) is 0. The van der Waals surface area contributed by atoms with Crippen molar-refractivity contribution in [3.63, 3.8) is 0 Å². The van der Waals surface area contributed by atoms with E-state index in [2.05, 4.69) is 32.2 Å². The molecule has 1 unspecified atom stereocenters. The van der Waals surface area contributed by atoms with E-state index in [1.807, 2.05) is 33.8 Å². The maximum atomic E-state index is 8.95. The summed E-state index contributed by atoms with van der Waals surface area (Å²) < 4.78 is 5.27. The summed E-state index contributed by atoms with van der Waals surface area (Å²) in [6.07, 6.45) is 4.96. The Morgan fingerprint density at radius 2 is 2.00 bits per heavy atom. The normalized spacial score (nSPS) is 13.0. The molecular formula is C19H26N6O2. The lowest BCUT2D eigenvalue weighted by Gasteiger charge is -2.09. The summed E-state index contributed by atoms with van der Waals surface area (Å²) in [5.41, 5.74) is 1.91. The van der Waals surface area contributed by atoms with Gasteiger partial charge in [0.25, 0.3) is 0 Å². The second-order valence-electron chi connectivity index (χ2n) is 7.09. The van der Waals surface area contributed by atoms with E-state index in [-0.39, 0.29) is 24.4 Å². The number of oxime groups is 1. The number of nitriles is 1. The topological polar surface area (TPSA) is 110 Å². The van der Waals surface area contributed by atoms with Crippen LogP contribution < -0.4 is 0 Å². The molecule has 0 saturated carbocycles. The number of nitrogens with zero attached hydrogens (tertiary/aromatic N) is 6. The van der Waals surface area contributed by atoms with Crippen LogP contribution in [0.5, 0.6) is 0 Å². The Hall–Kier alpha value is -2.82. The van der Waals surface area contributed by atoms with E-state index in [4.69, 9.17) is 14.6 Å². The number of rotatable bonds is 9. The van der Waals surface area contributed by atoms with Gasteiger partial charge in [-0.25, -0.2) is 0 Å². The van der Waals surface area contributed by atoms with Crippen LogP contribution in [-0.2, 0) is 17.9 Å². The molecule has 0 fully saturated rings. The third-order valence-corrected chi connectivity index (χ3v) is 4.06. The van der Waals surface area contributed by atoms with E-state index >= 15 is 0 Å². The van der Waals surface area contributed by atoms with Crippen molar-refractivity contribution >= 4 is 5.71 Å². The highest BCUT2D eigenvalue weighted by Crippen LogP contribution is 2.19. The summed E-state index contributed by atoms with van der Waals surface area (Å²) in [6, 6.07) is 2.02. The largest absolute Gasteiger partial charge is 0.388 e. The summed E-state index contributed by atoms with van der Waals surface area (Å²) in [7, 11) is 0. The average molecular weight is 370 g/mol. The van der Waals surface area contributed by atoms with E-state index in [1.165, 1.54) is 0 Å². The summed E-state index contributed by atoms with van der Waals surface area (Å²) in [5.74, 6) is 1.89. The van der Waals surface area contributed by atoms with Gasteiger partial charge in [0, 0.05) is 30.4 Å². The molecule has 0 amide bonds. The lowest BCUT2D eigenvalue weighted by Crippen LogP contribution is -2.06. The Morgan fingerprint density at radius 1 is 1.22 bits per heavy atom. The Bertz CT molecular complexity index is 789. The van der Waals surface area contributed by atoms with Crippen LogP contribution in [0.15, 0.2) is 22.1 Å². The molecule has 2 aromatic heterocycles. The monoisotopic (exact) mass is 370 g/mol. The summed E-state index contributed by atoms with van der Waals surface area (Å²) in [5, 5.41) is 16.8. The standard InChI is InChI=1S/C19H26N6O2/c1-12(2)16(8-20)24-26-11-15-9-22-17(10-21-15)14(5)6-7-18-23-19(13(3)4)25-27-18/h9-10,12-14H,6-7,11H2,1-5H3/b24-16-. The van der Waals surface area contributed by atoms with Gasteiger partial charge in [-0.15, -0.1) is 0 Å². The van der Waals surface area contributed by atoms with Gasteiger partial charge in [0.2, 0.25) is 5.89 Å². The third kappa shape index (κ3) is 6.13. The molecule has 0 saturated heterocycles. The smallest absolute Gasteiger partial charge is 0.226 e. The van der Waals surface area contributed by atoms with Crippen LogP contribution >= 0.6 is 0 Å². The molecule has 0 aliphatic rings. The molecular weight excluding hydrogens is 344 g/mol. The van der Waals surface area contributed by atoms with Crippen LogP contribution in [0.1, 0.15) is 76.0 Å². The highest BCUT2D eigenvalue weighted by molar-refractivity contribution is 5.99. The molecule has 0 bridgehead atoms. The first-order chi connectivity index (χ1) is 12.9. The SMILES string of the molecule is CC(C)/C(C#N)=N\OCc1cnc(C(C)CCc2nc(C(C)C)no2)cn1. The van der Waals surface area contributed by atoms with E-state index in [0.717, 1.165) is 17.9 Å². The fourth-order valence-electron chi connectivity index (χ4n) is 2.21. The minimum Gasteiger partial charge on any atom is -0.388 e. The Morgan fingerprint density at radius 3 is 2.56 bits per heavy atom. The van der Waals surface area contributed by atoms with Gasteiger partial charge >= 0.3 is 0 Å². The minimum atomic E-state index is 0.0276. The molecule has 0 spiro atoms. The van der Waals surface area contributed by atoms with Crippen LogP contribution in [0.2, 0.25) is 0 Å². The lowest BCUT2D eigenvalue weighted by atomic mass is 10.0. The molecule has 8 heteroatoms. The van der Waals surface area contributed by atoms with Crippen LogP contribution in [0.3, 0.4) is 0 Å². The van der Waals surface area contributed by atoms with Gasteiger partial charge in [-0.05, 0) is 6.42 Å². The molecule has 1 atom stereocenters. The molecule has 0 N–H and O–H groups in total. The number of hydrogen-bond acceptors (Lipinski definition) is 8. The van der Waals surface area contributed by atoms with Crippen LogP contribution in [-0.4, -0.2) is 25.8 Å². The van der Waals surface area contributed by atoms with Crippen molar-refractivity contribution in [3.05, 3.63) is 35.5 Å². The summed E-state index contributed by atoms with van der Waals surface area (Å²) in [6.45, 7) is 10.1. The van der Waals surface area contributed by atoms with Crippen molar-refractivity contribution in [1.29, 1.82) is 5.26 Å². The van der Waals surface area contributed by atoms with Crippen LogP contribution in [0, 0.1) is 17.2 Å². The van der Waals surface area contributed by atoms with Crippen molar-refractivity contribution in [3.8, 4) is 6.07 Å². The van der Waals surface area contributed by atoms with Gasteiger partial charge < -0.3 is 9.36 Å². The highest BCUT2D eigenvalue weighted by atomic mass is 16.6. The Labute approximate surface area is 159 Å². The predicted octanol–water partition coefficient (Wildman–Crippen LogP) is 3.77. The zero-order valence-corrected chi connectivity index (χ0v) is 16.5. The first-order valence-corrected chi connectivity index (χ1v) is 9.14. The quantitative estimate of drug-likeness (QED) is 0.488. The molecule has 0 aliphatic carbocycles. The maximum Gasteiger partial charge on any atom is 0.226 e. The minimum absolute atomic E-state index is 0.0276. The fraction of sp³-hybridized carbons (Fsp3) is 0.579. The first kappa shape index (κ1) is 20.5. The molecule has 27 heavy (non-hydrogen) atoms. The fourth-order valence-corrected chi connectivity index (χ4v) is 2.21. The molecule has 2 aromatic rings. The van der Waals surface area contributed by atoms with Crippen molar-refractivity contribution in [2.45, 2.75) is 65.9 Å². The first-order valence-electron chi connectivity index (χ1n) is 9.14. The van der Waals surface area contributed by atoms with Gasteiger partial charge in [0.05, 0.1) is 17.6 Å². The number of aryl methyl sites for hydroxylation is 1. The van der Waals surface area contributed by atoms with Crippen molar-refractivity contribution in [2.75, 3.05) is 0 Å². The Kier molecular flexibility index (Phi) is 7.41. The zero-order chi connectivity index (χ0) is 19.8. The van der Waals surface area contributed by atoms with Crippen molar-refractivity contribution in [2.24, 2.45) is 11.1 Å². The van der Waals surface area contributed by atoms with Gasteiger partial charge in [-0.2, -0.15) is 10.2 Å². The maximum absolute atomic E-state index is 8.95. The molecule has 0 radical (unpaired) electrons. The van der Waals surface area contributed by atoms with E-state index < -0.39 is 0 Å². The van der Waals surface area contributed by atoms with Gasteiger partial charge in [0.1, 0.15) is 6.07 Å². The van der Waals surface area contributed by atoms with Crippen LogP contribution in [0.4, 0.5) is 0 Å². The highest BCUT2D eigenvalue weighted by Gasteiger charge is 2.13. The third-order valence-electron chi connectivity index (χ3n) is 4.06. The molecule has 2 rings (SSSR count). The molecule has 144 valence electrons. The predicted molar refractivity (Wildman–Crippen MR) is 99.8 cm³/mol. The van der Waals surface area contributed by atoms with Gasteiger partial charge in [0.15, 0.2) is 18.1 Å². The van der Waals surface area contributed by atoms with E-state index in [9.17, 15) is 0 Å².